The molecule has 3 aliphatic rings. The van der Waals surface area contributed by atoms with Gasteiger partial charge in [0.25, 0.3) is 5.91 Å². The van der Waals surface area contributed by atoms with Gasteiger partial charge < -0.3 is 19.1 Å². The summed E-state index contributed by atoms with van der Waals surface area (Å²) >= 11 is 0. The first-order valence-electron chi connectivity index (χ1n) is 13.8. The monoisotopic (exact) mass is 549 g/mol. The Bertz CT molecular complexity index is 1330. The minimum atomic E-state index is -0.146. The van der Waals surface area contributed by atoms with Crippen LogP contribution in [0.4, 0.5) is 5.69 Å². The minimum Gasteiger partial charge on any atom is -0.466 e. The summed E-state index contributed by atoms with van der Waals surface area (Å²) in [5.74, 6) is 1.28. The number of carbonyl (C=O) groups is 2. The van der Waals surface area contributed by atoms with Crippen LogP contribution < -0.4 is 4.90 Å². The lowest BCUT2D eigenvalue weighted by Crippen LogP contribution is -2.51. The second-order valence-corrected chi connectivity index (χ2v) is 13.2. The Morgan fingerprint density at radius 2 is 1.92 bits per heavy atom. The Labute approximate surface area is 232 Å². The zero-order valence-electron chi connectivity index (χ0n) is 21.9. The summed E-state index contributed by atoms with van der Waals surface area (Å²) in [7, 11) is 6.07. The van der Waals surface area contributed by atoms with Crippen LogP contribution in [0.1, 0.15) is 66.3 Å². The van der Waals surface area contributed by atoms with Gasteiger partial charge in [-0.15, -0.1) is 0 Å². The highest BCUT2D eigenvalue weighted by molar-refractivity contribution is 8.77. The number of para-hydroxylation sites is 2. The molecule has 200 valence electrons. The van der Waals surface area contributed by atoms with E-state index in [9.17, 15) is 9.59 Å². The van der Waals surface area contributed by atoms with Gasteiger partial charge in [-0.25, -0.2) is 0 Å². The summed E-state index contributed by atoms with van der Waals surface area (Å²) in [6, 6.07) is 16.4. The Balaban J connectivity index is 1.15. The van der Waals surface area contributed by atoms with E-state index in [1.807, 2.05) is 50.8 Å². The van der Waals surface area contributed by atoms with Crippen molar-refractivity contribution in [3.8, 4) is 0 Å². The largest absolute Gasteiger partial charge is 0.466 e. The van der Waals surface area contributed by atoms with Crippen LogP contribution in [0, 0.1) is 0 Å². The van der Waals surface area contributed by atoms with Gasteiger partial charge in [0.05, 0.1) is 23.6 Å². The maximum atomic E-state index is 13.5. The third-order valence-electron chi connectivity index (χ3n) is 8.08. The number of unbranched alkanes of at least 4 members (excludes halogenated alkanes) is 1. The molecule has 1 saturated heterocycles. The van der Waals surface area contributed by atoms with E-state index in [2.05, 4.69) is 40.8 Å². The van der Waals surface area contributed by atoms with E-state index in [-0.39, 0.29) is 18.0 Å². The van der Waals surface area contributed by atoms with Crippen molar-refractivity contribution >= 4 is 50.1 Å². The van der Waals surface area contributed by atoms with E-state index in [0.717, 1.165) is 48.7 Å². The highest BCUT2D eigenvalue weighted by Gasteiger charge is 2.42. The SMILES string of the molecule is CN1c2ccccc2C(=O)N2CCc3c(n(CCCOC(=O)CCCCC4CCSS4)c4ccccc34)C21. The van der Waals surface area contributed by atoms with Gasteiger partial charge in [0.1, 0.15) is 6.17 Å². The molecule has 3 aromatic rings. The van der Waals surface area contributed by atoms with Crippen LogP contribution in [0.2, 0.25) is 0 Å². The highest BCUT2D eigenvalue weighted by Crippen LogP contribution is 2.44. The van der Waals surface area contributed by atoms with E-state index >= 15 is 0 Å². The third-order valence-corrected chi connectivity index (χ3v) is 11.1. The molecule has 0 saturated carbocycles. The molecular formula is C30H35N3O3S2. The molecule has 0 radical (unpaired) electrons. The number of benzene rings is 2. The van der Waals surface area contributed by atoms with Crippen LogP contribution in [0.25, 0.3) is 10.9 Å². The lowest BCUT2D eigenvalue weighted by molar-refractivity contribution is -0.143. The topological polar surface area (TPSA) is 54.8 Å². The number of amides is 1. The maximum Gasteiger partial charge on any atom is 0.305 e. The van der Waals surface area contributed by atoms with Crippen molar-refractivity contribution < 1.29 is 14.3 Å². The fourth-order valence-electron chi connectivity index (χ4n) is 6.24. The van der Waals surface area contributed by atoms with Gasteiger partial charge in [0.2, 0.25) is 0 Å². The molecular weight excluding hydrogens is 514 g/mol. The van der Waals surface area contributed by atoms with Crippen molar-refractivity contribution in [2.75, 3.05) is 30.9 Å². The number of carbonyl (C=O) groups excluding carboxylic acids is 2. The molecule has 1 aromatic heterocycles. The van der Waals surface area contributed by atoms with Crippen molar-refractivity contribution in [3.05, 3.63) is 65.4 Å². The van der Waals surface area contributed by atoms with Crippen LogP contribution in [0.5, 0.6) is 0 Å². The van der Waals surface area contributed by atoms with E-state index in [4.69, 9.17) is 4.74 Å². The predicted molar refractivity (Wildman–Crippen MR) is 157 cm³/mol. The zero-order valence-corrected chi connectivity index (χ0v) is 23.6. The van der Waals surface area contributed by atoms with Crippen molar-refractivity contribution in [1.82, 2.24) is 9.47 Å². The Kier molecular flexibility index (Phi) is 7.61. The van der Waals surface area contributed by atoms with Crippen LogP contribution in [-0.2, 0) is 22.5 Å². The second kappa shape index (κ2) is 11.3. The average Bonchev–Trinajstić information content (AvgIpc) is 3.58. The number of hydrogen-bond donors (Lipinski definition) is 0. The molecule has 6 nitrogen and oxygen atoms in total. The number of anilines is 1. The Morgan fingerprint density at radius 1 is 1.08 bits per heavy atom. The number of hydrogen-bond acceptors (Lipinski definition) is 6. The van der Waals surface area contributed by atoms with E-state index < -0.39 is 0 Å². The second-order valence-electron chi connectivity index (χ2n) is 10.4. The fourth-order valence-corrected chi connectivity index (χ4v) is 9.26. The molecule has 0 N–H and O–H groups in total. The van der Waals surface area contributed by atoms with Gasteiger partial charge >= 0.3 is 5.97 Å². The molecule has 1 amide bonds. The highest BCUT2D eigenvalue weighted by atomic mass is 33.1. The van der Waals surface area contributed by atoms with E-state index in [1.54, 1.807) is 0 Å². The average molecular weight is 550 g/mol. The van der Waals surface area contributed by atoms with Crippen molar-refractivity contribution in [1.29, 1.82) is 0 Å². The van der Waals surface area contributed by atoms with Gasteiger partial charge in [0, 0.05) is 48.5 Å². The molecule has 2 atom stereocenters. The summed E-state index contributed by atoms with van der Waals surface area (Å²) in [6.07, 6.45) is 6.46. The summed E-state index contributed by atoms with van der Waals surface area (Å²) < 4.78 is 7.99. The molecule has 6 rings (SSSR count). The molecule has 2 unspecified atom stereocenters. The molecule has 38 heavy (non-hydrogen) atoms. The Hall–Kier alpha value is -2.58. The number of fused-ring (bicyclic) bond motifs is 6. The molecule has 0 spiro atoms. The first-order valence-corrected chi connectivity index (χ1v) is 16.2. The normalized spacial score (nSPS) is 20.4. The van der Waals surface area contributed by atoms with Crippen molar-refractivity contribution in [2.24, 2.45) is 0 Å². The number of aryl methyl sites for hydroxylation is 1. The molecule has 4 heterocycles. The lowest BCUT2D eigenvalue weighted by Gasteiger charge is -2.46. The van der Waals surface area contributed by atoms with Crippen molar-refractivity contribution in [3.63, 3.8) is 0 Å². The van der Waals surface area contributed by atoms with Gasteiger partial charge in [-0.1, -0.05) is 58.3 Å². The molecule has 1 fully saturated rings. The van der Waals surface area contributed by atoms with Gasteiger partial charge in [-0.05, 0) is 55.9 Å². The van der Waals surface area contributed by atoms with Gasteiger partial charge in [-0.2, -0.15) is 0 Å². The fraction of sp³-hybridized carbons (Fsp3) is 0.467. The van der Waals surface area contributed by atoms with Crippen LogP contribution >= 0.6 is 21.6 Å². The number of ether oxygens (including phenoxy) is 1. The maximum absolute atomic E-state index is 13.5. The molecule has 2 aromatic carbocycles. The van der Waals surface area contributed by atoms with E-state index in [1.165, 1.54) is 40.8 Å². The first kappa shape index (κ1) is 25.7. The lowest BCUT2D eigenvalue weighted by atomic mass is 9.96. The summed E-state index contributed by atoms with van der Waals surface area (Å²) in [6.45, 7) is 1.87. The molecule has 8 heteroatoms. The van der Waals surface area contributed by atoms with Crippen molar-refractivity contribution in [2.45, 2.75) is 62.9 Å². The smallest absolute Gasteiger partial charge is 0.305 e. The number of esters is 1. The van der Waals surface area contributed by atoms with Gasteiger partial charge in [-0.3, -0.25) is 9.59 Å². The Morgan fingerprint density at radius 3 is 2.79 bits per heavy atom. The number of nitrogens with zero attached hydrogens (tertiary/aromatic N) is 3. The molecule has 3 aliphatic heterocycles. The van der Waals surface area contributed by atoms with Crippen LogP contribution in [0.3, 0.4) is 0 Å². The third kappa shape index (κ3) is 4.81. The zero-order chi connectivity index (χ0) is 26.1. The summed E-state index contributed by atoms with van der Waals surface area (Å²) in [5.41, 5.74) is 5.45. The van der Waals surface area contributed by atoms with Crippen LogP contribution in [0.15, 0.2) is 48.5 Å². The molecule has 0 aliphatic carbocycles. The molecule has 0 bridgehead atoms. The van der Waals surface area contributed by atoms with E-state index in [0.29, 0.717) is 19.6 Å². The minimum absolute atomic E-state index is 0.0850. The standard InChI is InChI=1S/C30H35N3O3S2/c1-31-25-12-5-4-11-24(25)30(35)33-18-15-23-22-10-3-6-13-26(22)32(28(23)29(31)33)17-8-19-36-27(34)14-7-2-9-21-16-20-37-38-21/h3-6,10-13,21,29H,2,7-9,14-20H2,1H3. The first-order chi connectivity index (χ1) is 18.6. The quantitative estimate of drug-likeness (QED) is 0.174. The summed E-state index contributed by atoms with van der Waals surface area (Å²) in [5, 5.41) is 2.03. The van der Waals surface area contributed by atoms with Crippen LogP contribution in [-0.4, -0.2) is 52.5 Å². The predicted octanol–water partition coefficient (Wildman–Crippen LogP) is 6.44. The number of rotatable bonds is 9. The summed E-state index contributed by atoms with van der Waals surface area (Å²) in [4.78, 5) is 30.1. The van der Waals surface area contributed by atoms with Gasteiger partial charge in [0.15, 0.2) is 0 Å². The number of aromatic nitrogens is 1.